The Morgan fingerprint density at radius 3 is 2.59 bits per heavy atom. The van der Waals surface area contributed by atoms with Crippen LogP contribution in [-0.2, 0) is 21.0 Å². The third-order valence-corrected chi connectivity index (χ3v) is 7.04. The molecule has 2 aromatic carbocycles. The molecule has 1 spiro atoms. The smallest absolute Gasteiger partial charge is 0.268 e. The van der Waals surface area contributed by atoms with Crippen LogP contribution in [0.5, 0.6) is 5.75 Å². The summed E-state index contributed by atoms with van der Waals surface area (Å²) in [5.41, 5.74) is 3.95. The number of thioether (sulfide) groups is 1. The first-order valence-electron chi connectivity index (χ1n) is 9.90. The second-order valence-electron chi connectivity index (χ2n) is 7.90. The van der Waals surface area contributed by atoms with Gasteiger partial charge in [0, 0.05) is 23.8 Å². The average molecular weight is 411 g/mol. The van der Waals surface area contributed by atoms with Gasteiger partial charge in [-0.2, -0.15) is 0 Å². The number of anilines is 1. The van der Waals surface area contributed by atoms with Crippen molar-refractivity contribution in [3.63, 3.8) is 0 Å². The van der Waals surface area contributed by atoms with Crippen LogP contribution >= 0.6 is 11.8 Å². The monoisotopic (exact) mass is 410 g/mol. The molecular weight excluding hydrogens is 384 g/mol. The Hall–Kier alpha value is -2.47. The van der Waals surface area contributed by atoms with Crippen molar-refractivity contribution < 1.29 is 14.3 Å². The summed E-state index contributed by atoms with van der Waals surface area (Å²) in [5.74, 6) is 1.22. The number of aryl methyl sites for hydroxylation is 1. The maximum atomic E-state index is 13.9. The van der Waals surface area contributed by atoms with Gasteiger partial charge in [-0.05, 0) is 30.7 Å². The van der Waals surface area contributed by atoms with E-state index >= 15 is 0 Å². The quantitative estimate of drug-likeness (QED) is 0.766. The highest BCUT2D eigenvalue weighted by molar-refractivity contribution is 8.01. The Morgan fingerprint density at radius 2 is 1.93 bits per heavy atom. The van der Waals surface area contributed by atoms with E-state index in [9.17, 15) is 9.59 Å². The first-order valence-corrected chi connectivity index (χ1v) is 10.9. The minimum Gasteiger partial charge on any atom is -0.497 e. The summed E-state index contributed by atoms with van der Waals surface area (Å²) < 4.78 is 5.44. The van der Waals surface area contributed by atoms with Gasteiger partial charge in [0.15, 0.2) is 4.87 Å². The van der Waals surface area contributed by atoms with Crippen molar-refractivity contribution in [1.82, 2.24) is 4.90 Å². The van der Waals surface area contributed by atoms with E-state index in [1.165, 1.54) is 5.56 Å². The van der Waals surface area contributed by atoms with Gasteiger partial charge in [-0.1, -0.05) is 43.7 Å². The highest BCUT2D eigenvalue weighted by Gasteiger charge is 2.59. The zero-order chi connectivity index (χ0) is 20.8. The van der Waals surface area contributed by atoms with E-state index in [4.69, 9.17) is 4.74 Å². The number of carbonyl (C=O) groups excluding carboxylic acids is 2. The normalized spacial score (nSPS) is 20.7. The van der Waals surface area contributed by atoms with Crippen LogP contribution in [0.3, 0.4) is 0 Å². The lowest BCUT2D eigenvalue weighted by Gasteiger charge is -2.34. The number of ether oxygens (including phenoxy) is 1. The van der Waals surface area contributed by atoms with E-state index < -0.39 is 4.87 Å². The molecule has 29 heavy (non-hydrogen) atoms. The molecule has 2 aromatic rings. The van der Waals surface area contributed by atoms with Crippen molar-refractivity contribution in [2.45, 2.75) is 32.2 Å². The molecule has 0 aromatic heterocycles. The Kier molecular flexibility index (Phi) is 5.07. The van der Waals surface area contributed by atoms with Crippen LogP contribution in [-0.4, -0.2) is 36.1 Å². The van der Waals surface area contributed by atoms with E-state index in [-0.39, 0.29) is 17.7 Å². The van der Waals surface area contributed by atoms with E-state index in [1.54, 1.807) is 23.8 Å². The largest absolute Gasteiger partial charge is 0.497 e. The second-order valence-corrected chi connectivity index (χ2v) is 9.18. The predicted molar refractivity (Wildman–Crippen MR) is 116 cm³/mol. The molecule has 1 saturated heterocycles. The van der Waals surface area contributed by atoms with Gasteiger partial charge < -0.3 is 14.5 Å². The van der Waals surface area contributed by atoms with E-state index in [0.717, 1.165) is 22.6 Å². The number of methoxy groups -OCH3 is 1. The molecule has 6 heteroatoms. The van der Waals surface area contributed by atoms with Crippen LogP contribution in [0.2, 0.25) is 0 Å². The van der Waals surface area contributed by atoms with Gasteiger partial charge in [0.05, 0.1) is 19.3 Å². The van der Waals surface area contributed by atoms with Gasteiger partial charge in [-0.25, -0.2) is 0 Å². The Balaban J connectivity index is 1.82. The Bertz CT molecular complexity index is 957. The number of carbonyl (C=O) groups is 2. The van der Waals surface area contributed by atoms with Crippen molar-refractivity contribution in [3.05, 3.63) is 59.2 Å². The Morgan fingerprint density at radius 1 is 1.21 bits per heavy atom. The van der Waals surface area contributed by atoms with Crippen molar-refractivity contribution in [1.29, 1.82) is 0 Å². The lowest BCUT2D eigenvalue weighted by atomic mass is 10.0. The van der Waals surface area contributed by atoms with Crippen LogP contribution in [0.25, 0.3) is 0 Å². The summed E-state index contributed by atoms with van der Waals surface area (Å²) in [6, 6.07) is 13.9. The summed E-state index contributed by atoms with van der Waals surface area (Å²) in [6.45, 7) is 6.86. The lowest BCUT2D eigenvalue weighted by molar-refractivity contribution is -0.142. The first kappa shape index (κ1) is 19.8. The molecule has 4 rings (SSSR count). The Labute approximate surface area is 176 Å². The summed E-state index contributed by atoms with van der Waals surface area (Å²) in [7, 11) is 1.62. The molecule has 0 aliphatic carbocycles. The predicted octanol–water partition coefficient (Wildman–Crippen LogP) is 3.93. The molecule has 1 fully saturated rings. The van der Waals surface area contributed by atoms with Crippen molar-refractivity contribution in [3.8, 4) is 5.75 Å². The van der Waals surface area contributed by atoms with Crippen molar-refractivity contribution in [2.75, 3.05) is 24.3 Å². The van der Waals surface area contributed by atoms with Crippen LogP contribution < -0.4 is 9.64 Å². The minimum atomic E-state index is -1.00. The zero-order valence-electron chi connectivity index (χ0n) is 17.3. The van der Waals surface area contributed by atoms with E-state index in [2.05, 4.69) is 24.3 Å². The molecular formula is C23H26N2O3S. The first-order chi connectivity index (χ1) is 13.9. The van der Waals surface area contributed by atoms with Gasteiger partial charge in [0.2, 0.25) is 5.91 Å². The van der Waals surface area contributed by atoms with Crippen LogP contribution in [0, 0.1) is 12.8 Å². The molecule has 0 N–H and O–H groups in total. The highest BCUT2D eigenvalue weighted by Crippen LogP contribution is 2.55. The topological polar surface area (TPSA) is 49.9 Å². The second kappa shape index (κ2) is 7.41. The fraction of sp³-hybridized carbons (Fsp3) is 0.391. The highest BCUT2D eigenvalue weighted by atomic mass is 32.2. The van der Waals surface area contributed by atoms with Crippen LogP contribution in [0.15, 0.2) is 42.5 Å². The van der Waals surface area contributed by atoms with E-state index in [0.29, 0.717) is 18.8 Å². The molecule has 5 nitrogen and oxygen atoms in total. The zero-order valence-corrected chi connectivity index (χ0v) is 18.1. The number of hydrogen-bond acceptors (Lipinski definition) is 4. The molecule has 0 radical (unpaired) electrons. The molecule has 2 heterocycles. The van der Waals surface area contributed by atoms with Gasteiger partial charge in [-0.3, -0.25) is 9.59 Å². The fourth-order valence-electron chi connectivity index (χ4n) is 4.09. The number of nitrogens with zero attached hydrogens (tertiary/aromatic N) is 2. The molecule has 0 bridgehead atoms. The maximum absolute atomic E-state index is 13.9. The van der Waals surface area contributed by atoms with Crippen molar-refractivity contribution >= 4 is 29.3 Å². The number of fused-ring (bicyclic) bond motifs is 2. The summed E-state index contributed by atoms with van der Waals surface area (Å²) >= 11 is 1.55. The average Bonchev–Trinajstić information content (AvgIpc) is 3.25. The molecule has 2 aliphatic heterocycles. The van der Waals surface area contributed by atoms with Crippen LogP contribution in [0.4, 0.5) is 5.69 Å². The molecule has 1 atom stereocenters. The lowest BCUT2D eigenvalue weighted by Crippen LogP contribution is -2.51. The summed E-state index contributed by atoms with van der Waals surface area (Å²) in [5, 5.41) is 0. The molecule has 0 saturated carbocycles. The standard InChI is InChI=1S/C23H26N2O3S/c1-15(2)21(26)25-11-12-29-23(25)19-13-18(28-4)9-10-20(19)24(22(23)27)14-17-7-5-16(3)6-8-17/h5-10,13,15H,11-12,14H2,1-4H3. The SMILES string of the molecule is COc1ccc2c(c1)C1(SCCN1C(=O)C(C)C)C(=O)N2Cc1ccc(C)cc1. The molecule has 152 valence electrons. The number of amides is 2. The molecule has 2 aliphatic rings. The number of rotatable bonds is 4. The van der Waals surface area contributed by atoms with Crippen LogP contribution in [0.1, 0.15) is 30.5 Å². The fourth-order valence-corrected chi connectivity index (χ4v) is 5.55. The van der Waals surface area contributed by atoms with Crippen molar-refractivity contribution in [2.24, 2.45) is 5.92 Å². The number of hydrogen-bond donors (Lipinski definition) is 0. The van der Waals surface area contributed by atoms with Gasteiger partial charge >= 0.3 is 0 Å². The van der Waals surface area contributed by atoms with Gasteiger partial charge in [-0.15, -0.1) is 11.8 Å². The summed E-state index contributed by atoms with van der Waals surface area (Å²) in [4.78, 5) is 29.5. The van der Waals surface area contributed by atoms with E-state index in [1.807, 2.05) is 43.9 Å². The maximum Gasteiger partial charge on any atom is 0.268 e. The molecule has 2 amide bonds. The molecule has 1 unspecified atom stereocenters. The number of benzene rings is 2. The van der Waals surface area contributed by atoms with Gasteiger partial charge in [0.1, 0.15) is 5.75 Å². The summed E-state index contributed by atoms with van der Waals surface area (Å²) in [6.07, 6.45) is 0. The van der Waals surface area contributed by atoms with Gasteiger partial charge in [0.25, 0.3) is 5.91 Å². The third kappa shape index (κ3) is 3.10. The minimum absolute atomic E-state index is 0.00862. The third-order valence-electron chi connectivity index (χ3n) is 5.62.